The van der Waals surface area contributed by atoms with Crippen LogP contribution < -0.4 is 0 Å². The number of carbonyl (C=O) groups is 2. The molecule has 0 bridgehead atoms. The third kappa shape index (κ3) is 4.17. The second kappa shape index (κ2) is 9.11. The molecule has 1 heterocycles. The smallest absolute Gasteiger partial charge is 0.337 e. The number of hydrogen-bond donors (Lipinski definition) is 1. The van der Waals surface area contributed by atoms with Gasteiger partial charge in [-0.05, 0) is 47.5 Å². The Bertz CT molecular complexity index is 1370. The van der Waals surface area contributed by atoms with Gasteiger partial charge in [0.25, 0.3) is 5.91 Å². The zero-order valence-corrected chi connectivity index (χ0v) is 18.8. The van der Waals surface area contributed by atoms with Gasteiger partial charge >= 0.3 is 5.97 Å². The lowest BCUT2D eigenvalue weighted by Gasteiger charge is -2.27. The molecule has 34 heavy (non-hydrogen) atoms. The van der Waals surface area contributed by atoms with Crippen molar-refractivity contribution < 1.29 is 32.2 Å². The molecule has 4 rings (SSSR count). The van der Waals surface area contributed by atoms with E-state index in [1.54, 1.807) is 6.07 Å². The summed E-state index contributed by atoms with van der Waals surface area (Å²) < 4.78 is 45.1. The van der Waals surface area contributed by atoms with Crippen LogP contribution in [0.5, 0.6) is 0 Å². The Balaban J connectivity index is 1.84. The van der Waals surface area contributed by atoms with E-state index in [-0.39, 0.29) is 17.0 Å². The van der Waals surface area contributed by atoms with Crippen molar-refractivity contribution in [3.8, 4) is 0 Å². The number of esters is 1. The Morgan fingerprint density at radius 3 is 2.21 bits per heavy atom. The topological polar surface area (TPSA) is 101 Å². The molecule has 0 spiro atoms. The summed E-state index contributed by atoms with van der Waals surface area (Å²) in [7, 11) is -3.03. The van der Waals surface area contributed by atoms with Crippen molar-refractivity contribution in [2.45, 2.75) is 17.5 Å². The Labute approximate surface area is 195 Å². The summed E-state index contributed by atoms with van der Waals surface area (Å²) in [5.41, 5.74) is 1.14. The van der Waals surface area contributed by atoms with E-state index >= 15 is 0 Å². The molecule has 1 aliphatic rings. The zero-order chi connectivity index (χ0) is 24.5. The van der Waals surface area contributed by atoms with E-state index in [9.17, 15) is 27.5 Å². The van der Waals surface area contributed by atoms with Crippen LogP contribution in [0.4, 0.5) is 4.39 Å². The molecule has 1 N–H and O–H groups in total. The highest BCUT2D eigenvalue weighted by Crippen LogP contribution is 2.43. The third-order valence-electron chi connectivity index (χ3n) is 5.51. The number of hydrogen-bond acceptors (Lipinski definition) is 6. The van der Waals surface area contributed by atoms with E-state index in [1.807, 2.05) is 0 Å². The maximum Gasteiger partial charge on any atom is 0.337 e. The molecule has 7 nitrogen and oxygen atoms in total. The van der Waals surface area contributed by atoms with Crippen molar-refractivity contribution in [1.29, 1.82) is 0 Å². The van der Waals surface area contributed by atoms with Gasteiger partial charge in [-0.25, -0.2) is 17.6 Å². The van der Waals surface area contributed by atoms with Crippen LogP contribution in [-0.4, -0.2) is 37.4 Å². The first-order valence-corrected chi connectivity index (χ1v) is 11.7. The van der Waals surface area contributed by atoms with Gasteiger partial charge in [0.2, 0.25) is 9.84 Å². The monoisotopic (exact) mass is 481 g/mol. The highest BCUT2D eigenvalue weighted by Gasteiger charge is 2.46. The Morgan fingerprint density at radius 2 is 1.62 bits per heavy atom. The van der Waals surface area contributed by atoms with Gasteiger partial charge < -0.3 is 14.7 Å². The van der Waals surface area contributed by atoms with Gasteiger partial charge in [0.15, 0.2) is 5.76 Å². The number of methoxy groups -OCH3 is 1. The molecule has 0 aromatic heterocycles. The lowest BCUT2D eigenvalue weighted by Crippen LogP contribution is -2.30. The quantitative estimate of drug-likeness (QED) is 0.536. The number of rotatable bonds is 6. The summed E-state index contributed by atoms with van der Waals surface area (Å²) in [6.45, 7) is -0.0829. The minimum Gasteiger partial charge on any atom is -0.502 e. The molecule has 174 valence electrons. The average molecular weight is 482 g/mol. The second-order valence-electron chi connectivity index (χ2n) is 7.60. The molecule has 0 aliphatic carbocycles. The molecule has 1 aliphatic heterocycles. The normalized spacial score (nSPS) is 16.1. The molecule has 0 fully saturated rings. The number of ether oxygens (including phenoxy) is 1. The van der Waals surface area contributed by atoms with E-state index in [2.05, 4.69) is 0 Å². The van der Waals surface area contributed by atoms with Gasteiger partial charge in [-0.1, -0.05) is 42.5 Å². The average Bonchev–Trinajstić information content (AvgIpc) is 3.11. The zero-order valence-electron chi connectivity index (χ0n) is 18.0. The fraction of sp³-hybridized carbons (Fsp3) is 0.120. The lowest BCUT2D eigenvalue weighted by molar-refractivity contribution is -0.130. The van der Waals surface area contributed by atoms with Crippen molar-refractivity contribution in [2.24, 2.45) is 0 Å². The summed E-state index contributed by atoms with van der Waals surface area (Å²) in [6, 6.07) is 17.6. The van der Waals surface area contributed by atoms with Crippen molar-refractivity contribution in [1.82, 2.24) is 4.90 Å². The fourth-order valence-corrected chi connectivity index (χ4v) is 5.50. The largest absolute Gasteiger partial charge is 0.502 e. The molecule has 0 saturated heterocycles. The van der Waals surface area contributed by atoms with E-state index in [0.717, 1.165) is 0 Å². The Hall–Kier alpha value is -3.98. The van der Waals surface area contributed by atoms with E-state index in [4.69, 9.17) is 4.74 Å². The summed E-state index contributed by atoms with van der Waals surface area (Å²) in [4.78, 5) is 25.6. The lowest BCUT2D eigenvalue weighted by atomic mass is 10.0. The number of halogens is 1. The van der Waals surface area contributed by atoms with Crippen LogP contribution in [0.2, 0.25) is 0 Å². The highest BCUT2D eigenvalue weighted by molar-refractivity contribution is 7.95. The van der Waals surface area contributed by atoms with Gasteiger partial charge in [0, 0.05) is 6.54 Å². The fourth-order valence-electron chi connectivity index (χ4n) is 3.83. The van der Waals surface area contributed by atoms with Crippen LogP contribution in [0, 0.1) is 5.82 Å². The van der Waals surface area contributed by atoms with Gasteiger partial charge in [-0.3, -0.25) is 4.79 Å². The minimum absolute atomic E-state index is 0.0795. The summed E-state index contributed by atoms with van der Waals surface area (Å²) in [6.07, 6.45) is 0. The molecule has 1 amide bonds. The van der Waals surface area contributed by atoms with Crippen LogP contribution in [0.15, 0.2) is 94.4 Å². The number of nitrogens with zero attached hydrogens (tertiary/aromatic N) is 1. The van der Waals surface area contributed by atoms with Crippen molar-refractivity contribution >= 4 is 21.7 Å². The highest BCUT2D eigenvalue weighted by atomic mass is 32.2. The van der Waals surface area contributed by atoms with E-state index < -0.39 is 44.2 Å². The van der Waals surface area contributed by atoms with Crippen LogP contribution in [-0.2, 0) is 25.9 Å². The summed E-state index contributed by atoms with van der Waals surface area (Å²) in [5.74, 6) is -2.79. The number of aliphatic hydroxyl groups is 1. The molecule has 0 saturated carbocycles. The molecule has 9 heteroatoms. The number of amides is 1. The van der Waals surface area contributed by atoms with Gasteiger partial charge in [0.1, 0.15) is 10.7 Å². The molecule has 1 unspecified atom stereocenters. The maximum absolute atomic E-state index is 13.5. The number of sulfone groups is 1. The van der Waals surface area contributed by atoms with Crippen molar-refractivity contribution in [2.75, 3.05) is 7.11 Å². The number of aliphatic hydroxyl groups excluding tert-OH is 1. The van der Waals surface area contributed by atoms with Gasteiger partial charge in [0.05, 0.1) is 23.6 Å². The first kappa shape index (κ1) is 23.2. The van der Waals surface area contributed by atoms with E-state index in [0.29, 0.717) is 11.1 Å². The molecule has 3 aromatic carbocycles. The molecular formula is C25H20FNO6S. The molecular weight excluding hydrogens is 461 g/mol. The van der Waals surface area contributed by atoms with Crippen LogP contribution >= 0.6 is 0 Å². The predicted octanol–water partition coefficient (Wildman–Crippen LogP) is 3.94. The molecule has 3 aromatic rings. The predicted molar refractivity (Wildman–Crippen MR) is 121 cm³/mol. The van der Waals surface area contributed by atoms with Gasteiger partial charge in [-0.15, -0.1) is 0 Å². The van der Waals surface area contributed by atoms with Crippen molar-refractivity contribution in [3.63, 3.8) is 0 Å². The van der Waals surface area contributed by atoms with Gasteiger partial charge in [-0.2, -0.15) is 0 Å². The Kier molecular flexibility index (Phi) is 6.21. The van der Waals surface area contributed by atoms with Crippen LogP contribution in [0.3, 0.4) is 0 Å². The summed E-state index contributed by atoms with van der Waals surface area (Å²) >= 11 is 0. The van der Waals surface area contributed by atoms with Crippen LogP contribution in [0.25, 0.3) is 0 Å². The Morgan fingerprint density at radius 1 is 1.00 bits per heavy atom. The standard InChI is InChI=1S/C25H20FNO6S/c1-33-25(30)18-11-9-17(10-12-18)21-23(34(31,32)20-5-3-2-4-6-20)22(28)24(29)27(21)15-16-7-13-19(26)14-8-16/h2-14,21,28H,15H2,1H3. The first-order chi connectivity index (χ1) is 16.2. The first-order valence-electron chi connectivity index (χ1n) is 10.2. The maximum atomic E-state index is 13.5. The van der Waals surface area contributed by atoms with E-state index in [1.165, 1.54) is 84.8 Å². The third-order valence-corrected chi connectivity index (χ3v) is 7.40. The SMILES string of the molecule is COC(=O)c1ccc(C2C(S(=O)(=O)c3ccccc3)=C(O)C(=O)N2Cc2ccc(F)cc2)cc1. The summed E-state index contributed by atoms with van der Waals surface area (Å²) in [5, 5.41) is 10.7. The van der Waals surface area contributed by atoms with Crippen LogP contribution in [0.1, 0.15) is 27.5 Å². The molecule has 0 radical (unpaired) electrons. The second-order valence-corrected chi connectivity index (χ2v) is 9.52. The minimum atomic E-state index is -4.27. The number of carbonyl (C=O) groups excluding carboxylic acids is 2. The molecule has 1 atom stereocenters. The van der Waals surface area contributed by atoms with Crippen molar-refractivity contribution in [3.05, 3.63) is 112 Å². The number of benzene rings is 3.